The smallest absolute Gasteiger partial charge is 0.289 e. The lowest BCUT2D eigenvalue weighted by Crippen LogP contribution is -2.43. The fourth-order valence-corrected chi connectivity index (χ4v) is 3.36. The van der Waals surface area contributed by atoms with Crippen LogP contribution in [-0.2, 0) is 4.79 Å². The second-order valence-corrected chi connectivity index (χ2v) is 7.18. The fraction of sp³-hybridized carbons (Fsp3) is 0.333. The Kier molecular flexibility index (Phi) is 5.23. The van der Waals surface area contributed by atoms with Gasteiger partial charge in [0.05, 0.1) is 12.2 Å². The normalized spacial score (nSPS) is 17.6. The molecule has 0 saturated carbocycles. The Balaban J connectivity index is 1.64. The molecule has 1 aliphatic rings. The molecule has 1 unspecified atom stereocenters. The number of carbonyl (C=O) groups excluding carboxylic acids is 2. The van der Waals surface area contributed by atoms with Crippen molar-refractivity contribution in [2.75, 3.05) is 18.4 Å². The topological polar surface area (TPSA) is 62.6 Å². The van der Waals surface area contributed by atoms with E-state index in [0.717, 1.165) is 22.1 Å². The molecule has 1 aliphatic heterocycles. The van der Waals surface area contributed by atoms with Crippen LogP contribution < -0.4 is 5.32 Å². The summed E-state index contributed by atoms with van der Waals surface area (Å²) in [7, 11) is 0. The molecule has 2 aromatic rings. The molecule has 1 aromatic carbocycles. The number of furan rings is 1. The van der Waals surface area contributed by atoms with Crippen LogP contribution in [0.15, 0.2) is 41.0 Å². The minimum Gasteiger partial charge on any atom is -0.459 e. The standard InChI is InChI=1S/C18H19IN2O3/c1-12-6-7-14(10-15(12)19)20-17(22)13-4-2-8-21(11-13)18(23)16-5-3-9-24-16/h3,5-7,9-10,13H,2,4,8,11H2,1H3,(H,20,22). The van der Waals surface area contributed by atoms with Gasteiger partial charge in [0, 0.05) is 22.3 Å². The lowest BCUT2D eigenvalue weighted by molar-refractivity contribution is -0.121. The Hall–Kier alpha value is -1.83. The molecule has 2 amide bonds. The van der Waals surface area contributed by atoms with Crippen molar-refractivity contribution < 1.29 is 14.0 Å². The van der Waals surface area contributed by atoms with Gasteiger partial charge < -0.3 is 14.6 Å². The second-order valence-electron chi connectivity index (χ2n) is 6.02. The van der Waals surface area contributed by atoms with Crippen LogP contribution in [0.1, 0.15) is 29.0 Å². The van der Waals surface area contributed by atoms with Crippen molar-refractivity contribution in [3.63, 3.8) is 0 Å². The van der Waals surface area contributed by atoms with Gasteiger partial charge >= 0.3 is 0 Å². The van der Waals surface area contributed by atoms with Crippen molar-refractivity contribution in [3.05, 3.63) is 51.5 Å². The first-order chi connectivity index (χ1) is 11.5. The largest absolute Gasteiger partial charge is 0.459 e. The lowest BCUT2D eigenvalue weighted by atomic mass is 9.96. The molecule has 3 rings (SSSR count). The third-order valence-corrected chi connectivity index (χ3v) is 5.41. The monoisotopic (exact) mass is 438 g/mol. The molecule has 5 nitrogen and oxygen atoms in total. The number of rotatable bonds is 3. The number of amides is 2. The van der Waals surface area contributed by atoms with Gasteiger partial charge in [-0.2, -0.15) is 0 Å². The van der Waals surface area contributed by atoms with Gasteiger partial charge in [-0.25, -0.2) is 0 Å². The summed E-state index contributed by atoms with van der Waals surface area (Å²) in [4.78, 5) is 26.6. The molecule has 2 heterocycles. The van der Waals surface area contributed by atoms with E-state index in [2.05, 4.69) is 27.9 Å². The number of likely N-dealkylation sites (tertiary alicyclic amines) is 1. The Bertz CT molecular complexity index is 743. The average molecular weight is 438 g/mol. The van der Waals surface area contributed by atoms with Gasteiger partial charge in [0.1, 0.15) is 0 Å². The van der Waals surface area contributed by atoms with Crippen molar-refractivity contribution in [2.24, 2.45) is 5.92 Å². The number of anilines is 1. The fourth-order valence-electron chi connectivity index (χ4n) is 2.85. The quantitative estimate of drug-likeness (QED) is 0.744. The molecule has 1 fully saturated rings. The molecule has 0 radical (unpaired) electrons. The van der Waals surface area contributed by atoms with Gasteiger partial charge in [-0.3, -0.25) is 9.59 Å². The summed E-state index contributed by atoms with van der Waals surface area (Å²) in [6.45, 7) is 3.12. The maximum atomic E-state index is 12.5. The van der Waals surface area contributed by atoms with Crippen LogP contribution in [-0.4, -0.2) is 29.8 Å². The predicted octanol–water partition coefficient (Wildman–Crippen LogP) is 3.68. The van der Waals surface area contributed by atoms with E-state index in [1.165, 1.54) is 11.8 Å². The van der Waals surface area contributed by atoms with E-state index in [1.807, 2.05) is 25.1 Å². The van der Waals surface area contributed by atoms with Crippen LogP contribution in [0.3, 0.4) is 0 Å². The number of nitrogens with one attached hydrogen (secondary N) is 1. The molecule has 24 heavy (non-hydrogen) atoms. The van der Waals surface area contributed by atoms with Crippen LogP contribution in [0.25, 0.3) is 0 Å². The van der Waals surface area contributed by atoms with Gasteiger partial charge in [0.15, 0.2) is 5.76 Å². The average Bonchev–Trinajstić information content (AvgIpc) is 3.12. The van der Waals surface area contributed by atoms with Crippen molar-refractivity contribution in [1.82, 2.24) is 4.90 Å². The minimum absolute atomic E-state index is 0.0356. The Labute approximate surface area is 154 Å². The van der Waals surface area contributed by atoms with E-state index in [4.69, 9.17) is 4.42 Å². The zero-order valence-corrected chi connectivity index (χ0v) is 15.6. The minimum atomic E-state index is -0.198. The number of carbonyl (C=O) groups is 2. The first-order valence-corrected chi connectivity index (χ1v) is 9.02. The van der Waals surface area contributed by atoms with Gasteiger partial charge in [0.25, 0.3) is 5.91 Å². The maximum Gasteiger partial charge on any atom is 0.289 e. The highest BCUT2D eigenvalue weighted by atomic mass is 127. The molecule has 1 N–H and O–H groups in total. The molecule has 0 spiro atoms. The summed E-state index contributed by atoms with van der Waals surface area (Å²) >= 11 is 2.25. The summed E-state index contributed by atoms with van der Waals surface area (Å²) in [5, 5.41) is 2.97. The molecule has 1 aromatic heterocycles. The number of nitrogens with zero attached hydrogens (tertiary/aromatic N) is 1. The molecular weight excluding hydrogens is 419 g/mol. The summed E-state index contributed by atoms with van der Waals surface area (Å²) in [5.74, 6) is -0.0604. The maximum absolute atomic E-state index is 12.5. The first kappa shape index (κ1) is 17.0. The van der Waals surface area contributed by atoms with Crippen LogP contribution >= 0.6 is 22.6 Å². The SMILES string of the molecule is Cc1ccc(NC(=O)C2CCCN(C(=O)c3ccco3)C2)cc1I. The third-order valence-electron chi connectivity index (χ3n) is 4.25. The van der Waals surface area contributed by atoms with Crippen molar-refractivity contribution in [2.45, 2.75) is 19.8 Å². The summed E-state index contributed by atoms with van der Waals surface area (Å²) in [5.41, 5.74) is 1.98. The van der Waals surface area contributed by atoms with E-state index in [0.29, 0.717) is 18.8 Å². The molecular formula is C18H19IN2O3. The highest BCUT2D eigenvalue weighted by Crippen LogP contribution is 2.22. The van der Waals surface area contributed by atoms with Gasteiger partial charge in [-0.15, -0.1) is 0 Å². The molecule has 1 saturated heterocycles. The van der Waals surface area contributed by atoms with E-state index >= 15 is 0 Å². The molecule has 0 bridgehead atoms. The van der Waals surface area contributed by atoms with Gasteiger partial charge in [-0.05, 0) is 72.2 Å². The van der Waals surface area contributed by atoms with E-state index in [-0.39, 0.29) is 17.7 Å². The highest BCUT2D eigenvalue weighted by Gasteiger charge is 2.29. The zero-order chi connectivity index (χ0) is 17.1. The molecule has 1 atom stereocenters. The van der Waals surface area contributed by atoms with E-state index < -0.39 is 0 Å². The van der Waals surface area contributed by atoms with Crippen molar-refractivity contribution in [3.8, 4) is 0 Å². The molecule has 126 valence electrons. The zero-order valence-electron chi connectivity index (χ0n) is 13.4. The number of aryl methyl sites for hydroxylation is 1. The third kappa shape index (κ3) is 3.80. The first-order valence-electron chi connectivity index (χ1n) is 7.94. The molecule has 6 heteroatoms. The highest BCUT2D eigenvalue weighted by molar-refractivity contribution is 14.1. The Morgan fingerprint density at radius 3 is 2.88 bits per heavy atom. The van der Waals surface area contributed by atoms with Gasteiger partial charge in [0.2, 0.25) is 5.91 Å². The van der Waals surface area contributed by atoms with Gasteiger partial charge in [-0.1, -0.05) is 6.07 Å². The number of hydrogen-bond donors (Lipinski definition) is 1. The predicted molar refractivity (Wildman–Crippen MR) is 99.9 cm³/mol. The summed E-state index contributed by atoms with van der Waals surface area (Å²) in [6.07, 6.45) is 3.09. The van der Waals surface area contributed by atoms with E-state index in [9.17, 15) is 9.59 Å². The van der Waals surface area contributed by atoms with Crippen LogP contribution in [0.4, 0.5) is 5.69 Å². The summed E-state index contributed by atoms with van der Waals surface area (Å²) < 4.78 is 6.29. The number of halogens is 1. The van der Waals surface area contributed by atoms with Crippen LogP contribution in [0.5, 0.6) is 0 Å². The van der Waals surface area contributed by atoms with Crippen molar-refractivity contribution in [1.29, 1.82) is 0 Å². The lowest BCUT2D eigenvalue weighted by Gasteiger charge is -2.31. The van der Waals surface area contributed by atoms with Crippen LogP contribution in [0.2, 0.25) is 0 Å². The number of hydrogen-bond acceptors (Lipinski definition) is 3. The van der Waals surface area contributed by atoms with Crippen molar-refractivity contribution >= 4 is 40.1 Å². The Morgan fingerprint density at radius 1 is 1.33 bits per heavy atom. The number of piperidine rings is 1. The summed E-state index contributed by atoms with van der Waals surface area (Å²) in [6, 6.07) is 9.21. The Morgan fingerprint density at radius 2 is 2.17 bits per heavy atom. The number of benzene rings is 1. The second kappa shape index (κ2) is 7.38. The molecule has 0 aliphatic carbocycles. The van der Waals surface area contributed by atoms with Crippen LogP contribution in [0, 0.1) is 16.4 Å². The van der Waals surface area contributed by atoms with E-state index in [1.54, 1.807) is 17.0 Å².